The molecule has 0 atom stereocenters. The van der Waals surface area contributed by atoms with Gasteiger partial charge in [0.05, 0.1) is 4.90 Å². The summed E-state index contributed by atoms with van der Waals surface area (Å²) in [6.45, 7) is 5.90. The molecule has 0 bridgehead atoms. The maximum absolute atomic E-state index is 12.5. The quantitative estimate of drug-likeness (QED) is 0.841. The number of nitrogens with one attached hydrogen (secondary N) is 1. The predicted octanol–water partition coefficient (Wildman–Crippen LogP) is 2.47. The third-order valence-corrected chi connectivity index (χ3v) is 5.46. The van der Waals surface area contributed by atoms with Gasteiger partial charge < -0.3 is 4.90 Å². The second-order valence-corrected chi connectivity index (χ2v) is 8.89. The SMILES string of the molecule is CN(CCc1ccncc1)C(=O)c1ccc(S(=O)(=O)NC(C)(C)C)cc1. The Hall–Kier alpha value is -2.25. The third-order valence-electron chi connectivity index (χ3n) is 3.68. The van der Waals surface area contributed by atoms with Gasteiger partial charge in [-0.2, -0.15) is 0 Å². The molecule has 0 aliphatic rings. The first-order valence-electron chi connectivity index (χ1n) is 8.37. The minimum absolute atomic E-state index is 0.142. The molecule has 0 saturated heterocycles. The second-order valence-electron chi connectivity index (χ2n) is 7.21. The van der Waals surface area contributed by atoms with E-state index in [0.29, 0.717) is 12.1 Å². The number of benzene rings is 1. The minimum Gasteiger partial charge on any atom is -0.341 e. The van der Waals surface area contributed by atoms with E-state index in [2.05, 4.69) is 9.71 Å². The van der Waals surface area contributed by atoms with Crippen molar-refractivity contribution >= 4 is 15.9 Å². The number of amides is 1. The van der Waals surface area contributed by atoms with E-state index in [-0.39, 0.29) is 10.8 Å². The molecule has 0 aliphatic heterocycles. The van der Waals surface area contributed by atoms with Crippen LogP contribution >= 0.6 is 0 Å². The Morgan fingerprint density at radius 3 is 2.19 bits per heavy atom. The van der Waals surface area contributed by atoms with Crippen molar-refractivity contribution in [3.8, 4) is 0 Å². The summed E-state index contributed by atoms with van der Waals surface area (Å²) in [5, 5.41) is 0. The Morgan fingerprint density at radius 2 is 1.65 bits per heavy atom. The van der Waals surface area contributed by atoms with Gasteiger partial charge in [0.2, 0.25) is 10.0 Å². The molecule has 0 radical (unpaired) electrons. The lowest BCUT2D eigenvalue weighted by molar-refractivity contribution is 0.0796. The van der Waals surface area contributed by atoms with Gasteiger partial charge in [0.1, 0.15) is 0 Å². The molecule has 1 N–H and O–H groups in total. The van der Waals surface area contributed by atoms with Gasteiger partial charge in [0.25, 0.3) is 5.91 Å². The van der Waals surface area contributed by atoms with Crippen molar-refractivity contribution in [2.45, 2.75) is 37.6 Å². The first-order valence-corrected chi connectivity index (χ1v) is 9.85. The van der Waals surface area contributed by atoms with Crippen molar-refractivity contribution < 1.29 is 13.2 Å². The van der Waals surface area contributed by atoms with Crippen molar-refractivity contribution in [3.63, 3.8) is 0 Å². The molecule has 140 valence electrons. The van der Waals surface area contributed by atoms with Crippen molar-refractivity contribution in [2.24, 2.45) is 0 Å². The molecular weight excluding hydrogens is 350 g/mol. The van der Waals surface area contributed by atoms with Crippen LogP contribution in [-0.2, 0) is 16.4 Å². The van der Waals surface area contributed by atoms with Crippen molar-refractivity contribution in [3.05, 3.63) is 59.9 Å². The van der Waals surface area contributed by atoms with Gasteiger partial charge >= 0.3 is 0 Å². The first-order chi connectivity index (χ1) is 12.1. The normalized spacial score (nSPS) is 12.0. The van der Waals surface area contributed by atoms with Gasteiger partial charge in [-0.25, -0.2) is 13.1 Å². The number of likely N-dealkylation sites (N-methyl/N-ethyl adjacent to an activating group) is 1. The Balaban J connectivity index is 2.04. The Kier molecular flexibility index (Phi) is 6.15. The van der Waals surface area contributed by atoms with Crippen LogP contribution < -0.4 is 4.72 Å². The molecule has 1 aromatic heterocycles. The first kappa shape index (κ1) is 20.1. The number of hydrogen-bond donors (Lipinski definition) is 1. The second kappa shape index (κ2) is 7.97. The average Bonchev–Trinajstić information content (AvgIpc) is 2.58. The summed E-state index contributed by atoms with van der Waals surface area (Å²) in [7, 11) is -1.88. The summed E-state index contributed by atoms with van der Waals surface area (Å²) in [5.41, 5.74) is 0.992. The number of carbonyl (C=O) groups excluding carboxylic acids is 1. The van der Waals surface area contributed by atoms with Gasteiger partial charge in [-0.3, -0.25) is 9.78 Å². The van der Waals surface area contributed by atoms with Crippen LogP contribution in [0, 0.1) is 0 Å². The molecule has 2 rings (SSSR count). The summed E-state index contributed by atoms with van der Waals surface area (Å²) in [4.78, 5) is 18.2. The number of pyridine rings is 1. The smallest absolute Gasteiger partial charge is 0.253 e. The van der Waals surface area contributed by atoms with E-state index in [0.717, 1.165) is 12.0 Å². The molecule has 0 spiro atoms. The monoisotopic (exact) mass is 375 g/mol. The van der Waals surface area contributed by atoms with Crippen LogP contribution in [0.2, 0.25) is 0 Å². The lowest BCUT2D eigenvalue weighted by Gasteiger charge is -2.20. The highest BCUT2D eigenvalue weighted by Gasteiger charge is 2.22. The highest BCUT2D eigenvalue weighted by Crippen LogP contribution is 2.15. The molecule has 2 aromatic rings. The number of aromatic nitrogens is 1. The zero-order valence-electron chi connectivity index (χ0n) is 15.6. The molecule has 1 aromatic carbocycles. The molecule has 6 nitrogen and oxygen atoms in total. The maximum Gasteiger partial charge on any atom is 0.253 e. The van der Waals surface area contributed by atoms with Crippen LogP contribution in [0.1, 0.15) is 36.7 Å². The molecule has 26 heavy (non-hydrogen) atoms. The summed E-state index contributed by atoms with van der Waals surface area (Å²) >= 11 is 0. The summed E-state index contributed by atoms with van der Waals surface area (Å²) in [5.74, 6) is -0.146. The van der Waals surface area contributed by atoms with Gasteiger partial charge in [-0.1, -0.05) is 0 Å². The number of rotatable bonds is 6. The van der Waals surface area contributed by atoms with Crippen LogP contribution in [0.3, 0.4) is 0 Å². The standard InChI is InChI=1S/C19H25N3O3S/c1-19(2,3)21-26(24,25)17-7-5-16(6-8-17)18(23)22(4)14-11-15-9-12-20-13-10-15/h5-10,12-13,21H,11,14H2,1-4H3. The molecule has 0 aliphatic carbocycles. The number of carbonyl (C=O) groups is 1. The van der Waals surface area contributed by atoms with E-state index in [1.165, 1.54) is 12.1 Å². The van der Waals surface area contributed by atoms with Gasteiger partial charge in [-0.05, 0) is 69.2 Å². The maximum atomic E-state index is 12.5. The molecule has 7 heteroatoms. The summed E-state index contributed by atoms with van der Waals surface area (Å²) < 4.78 is 27.2. The topological polar surface area (TPSA) is 79.4 Å². The predicted molar refractivity (Wildman–Crippen MR) is 101 cm³/mol. The number of hydrogen-bond acceptors (Lipinski definition) is 4. The molecule has 1 heterocycles. The lowest BCUT2D eigenvalue weighted by Crippen LogP contribution is -2.40. The highest BCUT2D eigenvalue weighted by molar-refractivity contribution is 7.89. The average molecular weight is 375 g/mol. The largest absolute Gasteiger partial charge is 0.341 e. The van der Waals surface area contributed by atoms with E-state index < -0.39 is 15.6 Å². The van der Waals surface area contributed by atoms with Crippen LogP contribution in [0.4, 0.5) is 0 Å². The van der Waals surface area contributed by atoms with E-state index in [1.54, 1.807) is 57.2 Å². The minimum atomic E-state index is -3.61. The zero-order valence-corrected chi connectivity index (χ0v) is 16.4. The van der Waals surface area contributed by atoms with Gasteiger partial charge in [0, 0.05) is 37.1 Å². The van der Waals surface area contributed by atoms with Crippen molar-refractivity contribution in [1.29, 1.82) is 0 Å². The van der Waals surface area contributed by atoms with E-state index >= 15 is 0 Å². The van der Waals surface area contributed by atoms with Gasteiger partial charge in [0.15, 0.2) is 0 Å². The van der Waals surface area contributed by atoms with E-state index in [4.69, 9.17) is 0 Å². The Labute approximate surface area is 155 Å². The third kappa shape index (κ3) is 5.64. The highest BCUT2D eigenvalue weighted by atomic mass is 32.2. The fraction of sp³-hybridized carbons (Fsp3) is 0.368. The Morgan fingerprint density at radius 1 is 1.08 bits per heavy atom. The van der Waals surface area contributed by atoms with Gasteiger partial charge in [-0.15, -0.1) is 0 Å². The number of sulfonamides is 1. The fourth-order valence-electron chi connectivity index (χ4n) is 2.41. The van der Waals surface area contributed by atoms with Crippen molar-refractivity contribution in [2.75, 3.05) is 13.6 Å². The number of nitrogens with zero attached hydrogens (tertiary/aromatic N) is 2. The molecular formula is C19H25N3O3S. The van der Waals surface area contributed by atoms with Crippen LogP contribution in [-0.4, -0.2) is 43.3 Å². The molecule has 0 fully saturated rings. The van der Waals surface area contributed by atoms with Crippen LogP contribution in [0.25, 0.3) is 0 Å². The Bertz CT molecular complexity index is 842. The van der Waals surface area contributed by atoms with Crippen LogP contribution in [0.15, 0.2) is 53.7 Å². The van der Waals surface area contributed by atoms with Crippen molar-refractivity contribution in [1.82, 2.24) is 14.6 Å². The fourth-order valence-corrected chi connectivity index (χ4v) is 3.83. The molecule has 1 amide bonds. The summed E-state index contributed by atoms with van der Waals surface area (Å²) in [6.07, 6.45) is 4.18. The lowest BCUT2D eigenvalue weighted by atomic mass is 10.1. The molecule has 0 saturated carbocycles. The zero-order chi connectivity index (χ0) is 19.4. The molecule has 0 unspecified atom stereocenters. The van der Waals surface area contributed by atoms with E-state index in [1.807, 2.05) is 12.1 Å². The van der Waals surface area contributed by atoms with E-state index in [9.17, 15) is 13.2 Å². The van der Waals surface area contributed by atoms with Crippen LogP contribution in [0.5, 0.6) is 0 Å². The summed E-state index contributed by atoms with van der Waals surface area (Å²) in [6, 6.07) is 9.83.